The predicted octanol–water partition coefficient (Wildman–Crippen LogP) is 4.96. The molecule has 0 heterocycles. The van der Waals surface area contributed by atoms with E-state index in [-0.39, 0.29) is 35.6 Å². The molecule has 1 saturated carbocycles. The van der Waals surface area contributed by atoms with Gasteiger partial charge in [-0.05, 0) is 11.1 Å². The number of halogens is 2. The van der Waals surface area contributed by atoms with Gasteiger partial charge in [-0.15, -0.1) is 46.2 Å². The summed E-state index contributed by atoms with van der Waals surface area (Å²) in [4.78, 5) is 0. The van der Waals surface area contributed by atoms with Crippen molar-refractivity contribution in [3.8, 4) is 0 Å². The van der Waals surface area contributed by atoms with Crippen molar-refractivity contribution in [2.45, 2.75) is 70.6 Å². The van der Waals surface area contributed by atoms with E-state index in [1.807, 2.05) is 12.2 Å². The fourth-order valence-electron chi connectivity index (χ4n) is 5.98. The molecule has 0 amide bonds. The first-order valence-corrected chi connectivity index (χ1v) is 16.1. The average molecular weight is 654 g/mol. The zero-order valence-corrected chi connectivity index (χ0v) is 29.4. The van der Waals surface area contributed by atoms with Crippen LogP contribution in [0.3, 0.4) is 0 Å². The van der Waals surface area contributed by atoms with Gasteiger partial charge in [0.2, 0.25) is 0 Å². The van der Waals surface area contributed by atoms with Gasteiger partial charge >= 0.3 is 49.5 Å². The second-order valence-corrected chi connectivity index (χ2v) is 13.6. The molecule has 2 aliphatic carbocycles. The maximum atomic E-state index is 2.99. The zero-order valence-electron chi connectivity index (χ0n) is 26.3. The molecule has 0 nitrogen and oxygen atoms in total. The summed E-state index contributed by atoms with van der Waals surface area (Å²) >= 11 is 2.26. The first kappa shape index (κ1) is 35.9. The van der Waals surface area contributed by atoms with Gasteiger partial charge in [0.1, 0.15) is 0 Å². The van der Waals surface area contributed by atoms with Crippen LogP contribution in [0.1, 0.15) is 82.1 Å². The molecule has 226 valence electrons. The molecule has 0 aliphatic heterocycles. The molecule has 0 spiro atoms. The minimum absolute atomic E-state index is 0. The van der Waals surface area contributed by atoms with Crippen LogP contribution in [0.2, 0.25) is 0 Å². The van der Waals surface area contributed by atoms with Crippen LogP contribution in [0.4, 0.5) is 0 Å². The Balaban J connectivity index is 0.000000343. The van der Waals surface area contributed by atoms with Gasteiger partial charge in [-0.25, -0.2) is 12.2 Å². The van der Waals surface area contributed by atoms with Crippen LogP contribution < -0.4 is 24.8 Å². The summed E-state index contributed by atoms with van der Waals surface area (Å²) in [6, 6.07) is 37.9. The van der Waals surface area contributed by atoms with Crippen molar-refractivity contribution >= 4 is 25.4 Å². The summed E-state index contributed by atoms with van der Waals surface area (Å²) in [6.07, 6.45) is 15.7. The van der Waals surface area contributed by atoms with E-state index in [0.717, 1.165) is 6.42 Å². The molecule has 3 heteroatoms. The monoisotopic (exact) mass is 652 g/mol. The third-order valence-corrected chi connectivity index (χ3v) is 9.71. The van der Waals surface area contributed by atoms with Crippen molar-refractivity contribution in [2.75, 3.05) is 0 Å². The minimum atomic E-state index is -0.0284. The van der Waals surface area contributed by atoms with E-state index in [1.165, 1.54) is 69.5 Å². The van der Waals surface area contributed by atoms with Crippen molar-refractivity contribution in [3.05, 3.63) is 150 Å². The van der Waals surface area contributed by atoms with Crippen LogP contribution >= 0.6 is 0 Å². The first-order valence-electron chi connectivity index (χ1n) is 15.3. The Hall–Kier alpha value is -2.61. The van der Waals surface area contributed by atoms with Gasteiger partial charge in [0.15, 0.2) is 0 Å². The van der Waals surface area contributed by atoms with Crippen LogP contribution in [0.15, 0.2) is 121 Å². The Morgan fingerprint density at radius 1 is 0.614 bits per heavy atom. The van der Waals surface area contributed by atoms with Gasteiger partial charge in [0.05, 0.1) is 0 Å². The molecule has 5 aromatic carbocycles. The number of hydrogen-bond acceptors (Lipinski definition) is 0. The second-order valence-electron chi connectivity index (χ2n) is 12.5. The Morgan fingerprint density at radius 2 is 1.07 bits per heavy atom. The summed E-state index contributed by atoms with van der Waals surface area (Å²) < 4.78 is 1.70. The summed E-state index contributed by atoms with van der Waals surface area (Å²) in [5.41, 5.74) is 5.34. The molecule has 0 radical (unpaired) electrons. The third-order valence-electron chi connectivity index (χ3n) is 8.93. The number of allylic oxidation sites excluding steroid dienone is 4. The van der Waals surface area contributed by atoms with Gasteiger partial charge in [-0.2, -0.15) is 6.08 Å². The second kappa shape index (κ2) is 16.1. The summed E-state index contributed by atoms with van der Waals surface area (Å²) in [6.45, 7) is 9.25. The molecule has 5 aromatic rings. The van der Waals surface area contributed by atoms with Gasteiger partial charge in [0.25, 0.3) is 0 Å². The molecular formula is C41H42Cl2Ti-2. The maximum absolute atomic E-state index is 2.99. The Kier molecular flexibility index (Phi) is 13.1. The van der Waals surface area contributed by atoms with E-state index in [9.17, 15) is 0 Å². The molecule has 44 heavy (non-hydrogen) atoms. The quantitative estimate of drug-likeness (QED) is 0.190. The Morgan fingerprint density at radius 3 is 1.39 bits per heavy atom. The SMILES string of the molecule is CC(C)(c1ccccc1)c1ccc2c(c1)[cH-]c1cc(C(C)(C)c3ccccc3)ccc12.[C-]1=CC=CC1.[Cl-].[Cl-].[Ti+2]=[C]1CCCC1. The number of rotatable bonds is 4. The first-order chi connectivity index (χ1) is 20.3. The van der Waals surface area contributed by atoms with Crippen LogP contribution in [-0.4, -0.2) is 3.81 Å². The molecule has 0 atom stereocenters. The van der Waals surface area contributed by atoms with Crippen molar-refractivity contribution < 1.29 is 44.8 Å². The molecular weight excluding hydrogens is 611 g/mol. The third kappa shape index (κ3) is 8.35. The van der Waals surface area contributed by atoms with E-state index >= 15 is 0 Å². The van der Waals surface area contributed by atoms with Crippen molar-refractivity contribution in [2.24, 2.45) is 0 Å². The topological polar surface area (TPSA) is 0 Å². The van der Waals surface area contributed by atoms with Crippen molar-refractivity contribution in [1.82, 2.24) is 0 Å². The van der Waals surface area contributed by atoms with Gasteiger partial charge in [-0.3, -0.25) is 6.08 Å². The van der Waals surface area contributed by atoms with E-state index < -0.39 is 0 Å². The van der Waals surface area contributed by atoms with Crippen LogP contribution in [-0.2, 0) is 30.8 Å². The Labute approximate surface area is 288 Å². The summed E-state index contributed by atoms with van der Waals surface area (Å²) in [7, 11) is 0. The molecule has 1 fully saturated rings. The molecule has 0 unspecified atom stereocenters. The number of benzene rings is 4. The molecule has 0 N–H and O–H groups in total. The van der Waals surface area contributed by atoms with E-state index in [2.05, 4.69) is 163 Å². The molecule has 7 rings (SSSR count). The van der Waals surface area contributed by atoms with E-state index in [4.69, 9.17) is 0 Å². The fourth-order valence-corrected chi connectivity index (χ4v) is 6.54. The standard InChI is InChI=1S/C31H29.C5H8.C5H5.2ClH.Ti/c1-30(2,24-11-7-5-8-12-24)26-15-17-28-22(20-26)19-23-21-27(16-18-29(23)28)31(3,4)25-13-9-6-10-14-25;2*1-2-4-5-3-1;;;/h5-21H,1-4H3;1-4H2;1-3H,4H2;2*1H;/q-1;;-1;;;+2/p-2. The van der Waals surface area contributed by atoms with Crippen molar-refractivity contribution in [1.29, 1.82) is 0 Å². The molecule has 2 aliphatic rings. The van der Waals surface area contributed by atoms with Gasteiger partial charge < -0.3 is 24.8 Å². The zero-order chi connectivity index (χ0) is 29.6. The van der Waals surface area contributed by atoms with Crippen LogP contribution in [0.25, 0.3) is 21.5 Å². The normalized spacial score (nSPS) is 13.9. The van der Waals surface area contributed by atoms with Gasteiger partial charge in [-0.1, -0.05) is 124 Å². The summed E-state index contributed by atoms with van der Waals surface area (Å²) in [5, 5.41) is 5.33. The molecule has 0 saturated heterocycles. The van der Waals surface area contributed by atoms with E-state index in [1.54, 1.807) is 3.81 Å². The molecule has 0 aromatic heterocycles. The van der Waals surface area contributed by atoms with E-state index in [0.29, 0.717) is 0 Å². The average Bonchev–Trinajstić information content (AvgIpc) is 3.81. The van der Waals surface area contributed by atoms with Crippen LogP contribution in [0, 0.1) is 6.08 Å². The number of hydrogen-bond donors (Lipinski definition) is 0. The predicted molar refractivity (Wildman–Crippen MR) is 179 cm³/mol. The summed E-state index contributed by atoms with van der Waals surface area (Å²) in [5.74, 6) is 0. The fraction of sp³-hybridized carbons (Fsp3) is 0.268. The van der Waals surface area contributed by atoms with Gasteiger partial charge in [0, 0.05) is 10.8 Å². The number of fused-ring (bicyclic) bond motifs is 3. The molecule has 0 bridgehead atoms. The van der Waals surface area contributed by atoms with Crippen molar-refractivity contribution in [3.63, 3.8) is 0 Å². The Bertz CT molecular complexity index is 1580. The van der Waals surface area contributed by atoms with Crippen LogP contribution in [0.5, 0.6) is 0 Å².